The highest BCUT2D eigenvalue weighted by molar-refractivity contribution is 5.31. The largest absolute Gasteiger partial charge is 0.271 e. The van der Waals surface area contributed by atoms with Crippen LogP contribution in [0.1, 0.15) is 45.1 Å². The van der Waals surface area contributed by atoms with Crippen molar-refractivity contribution in [3.63, 3.8) is 0 Å². The Morgan fingerprint density at radius 1 is 1.17 bits per heavy atom. The standard InChI is InChI=1S/C16H24N2/c1-16(2,14-11-7-4-8-12-14)15(18-17)13-9-5-3-6-10-13/h4,7-9,11-12,15,18H,3,5-6,10,17H2,1-2H3. The van der Waals surface area contributed by atoms with E-state index in [1.807, 2.05) is 0 Å². The third-order valence-electron chi connectivity index (χ3n) is 4.10. The molecular weight excluding hydrogens is 220 g/mol. The van der Waals surface area contributed by atoms with E-state index in [1.54, 1.807) is 0 Å². The Morgan fingerprint density at radius 3 is 2.44 bits per heavy atom. The number of benzene rings is 1. The van der Waals surface area contributed by atoms with Crippen LogP contribution in [-0.4, -0.2) is 6.04 Å². The summed E-state index contributed by atoms with van der Waals surface area (Å²) in [5.41, 5.74) is 5.86. The molecule has 1 aromatic carbocycles. The number of hydrogen-bond donors (Lipinski definition) is 2. The molecule has 1 aliphatic rings. The second kappa shape index (κ2) is 5.68. The van der Waals surface area contributed by atoms with E-state index in [0.29, 0.717) is 0 Å². The molecule has 0 radical (unpaired) electrons. The van der Waals surface area contributed by atoms with Crippen molar-refractivity contribution in [2.24, 2.45) is 5.84 Å². The zero-order chi connectivity index (χ0) is 13.0. The molecule has 1 aromatic rings. The molecule has 2 nitrogen and oxygen atoms in total. The highest BCUT2D eigenvalue weighted by Gasteiger charge is 2.33. The molecular formula is C16H24N2. The minimum atomic E-state index is 0.0131. The monoisotopic (exact) mass is 244 g/mol. The molecule has 1 atom stereocenters. The summed E-state index contributed by atoms with van der Waals surface area (Å²) < 4.78 is 0. The molecule has 0 fully saturated rings. The lowest BCUT2D eigenvalue weighted by Crippen LogP contribution is -2.49. The molecule has 0 saturated carbocycles. The second-order valence-corrected chi connectivity index (χ2v) is 5.71. The highest BCUT2D eigenvalue weighted by atomic mass is 15.2. The van der Waals surface area contributed by atoms with Gasteiger partial charge in [0, 0.05) is 5.41 Å². The Morgan fingerprint density at radius 2 is 1.89 bits per heavy atom. The van der Waals surface area contributed by atoms with E-state index in [9.17, 15) is 0 Å². The van der Waals surface area contributed by atoms with Gasteiger partial charge in [-0.05, 0) is 31.2 Å². The first kappa shape index (κ1) is 13.3. The van der Waals surface area contributed by atoms with Crippen molar-refractivity contribution in [1.29, 1.82) is 0 Å². The molecule has 0 aromatic heterocycles. The van der Waals surface area contributed by atoms with Crippen LogP contribution in [0, 0.1) is 0 Å². The maximum absolute atomic E-state index is 5.84. The van der Waals surface area contributed by atoms with Gasteiger partial charge in [0.2, 0.25) is 0 Å². The van der Waals surface area contributed by atoms with Crippen LogP contribution in [0.5, 0.6) is 0 Å². The van der Waals surface area contributed by atoms with Crippen LogP contribution in [0.15, 0.2) is 42.0 Å². The first-order valence-electron chi connectivity index (χ1n) is 6.87. The van der Waals surface area contributed by atoms with Gasteiger partial charge in [0.25, 0.3) is 0 Å². The van der Waals surface area contributed by atoms with Gasteiger partial charge in [0.05, 0.1) is 6.04 Å². The smallest absolute Gasteiger partial charge is 0.0511 e. The number of nitrogens with one attached hydrogen (secondary N) is 1. The third-order valence-corrected chi connectivity index (χ3v) is 4.10. The molecule has 0 aliphatic heterocycles. The van der Waals surface area contributed by atoms with Crippen LogP contribution in [0.3, 0.4) is 0 Å². The third kappa shape index (κ3) is 2.65. The summed E-state index contributed by atoms with van der Waals surface area (Å²) >= 11 is 0. The molecule has 3 N–H and O–H groups in total. The van der Waals surface area contributed by atoms with Crippen LogP contribution in [0.4, 0.5) is 0 Å². The van der Waals surface area contributed by atoms with Crippen LogP contribution in [0.2, 0.25) is 0 Å². The minimum Gasteiger partial charge on any atom is -0.271 e. The normalized spacial score (nSPS) is 18.3. The quantitative estimate of drug-likeness (QED) is 0.484. The number of hydrazine groups is 1. The van der Waals surface area contributed by atoms with E-state index in [0.717, 1.165) is 0 Å². The lowest BCUT2D eigenvalue weighted by atomic mass is 9.73. The molecule has 98 valence electrons. The van der Waals surface area contributed by atoms with Crippen molar-refractivity contribution < 1.29 is 0 Å². The van der Waals surface area contributed by atoms with Gasteiger partial charge < -0.3 is 0 Å². The highest BCUT2D eigenvalue weighted by Crippen LogP contribution is 2.34. The van der Waals surface area contributed by atoms with Crippen molar-refractivity contribution in [3.05, 3.63) is 47.5 Å². The van der Waals surface area contributed by atoms with Crippen molar-refractivity contribution >= 4 is 0 Å². The molecule has 1 unspecified atom stereocenters. The van der Waals surface area contributed by atoms with E-state index >= 15 is 0 Å². The van der Waals surface area contributed by atoms with E-state index < -0.39 is 0 Å². The first-order valence-corrected chi connectivity index (χ1v) is 6.87. The zero-order valence-corrected chi connectivity index (χ0v) is 11.4. The van der Waals surface area contributed by atoms with Gasteiger partial charge in [-0.1, -0.05) is 55.8 Å². The Bertz CT molecular complexity index is 406. The average Bonchev–Trinajstić information content (AvgIpc) is 2.41. The van der Waals surface area contributed by atoms with Gasteiger partial charge in [-0.2, -0.15) is 0 Å². The van der Waals surface area contributed by atoms with Crippen LogP contribution < -0.4 is 11.3 Å². The molecule has 1 aliphatic carbocycles. The van der Waals surface area contributed by atoms with Crippen LogP contribution in [-0.2, 0) is 5.41 Å². The molecule has 0 saturated heterocycles. The fourth-order valence-electron chi connectivity index (χ4n) is 2.94. The van der Waals surface area contributed by atoms with Gasteiger partial charge in [-0.15, -0.1) is 0 Å². The number of rotatable bonds is 4. The Balaban J connectivity index is 2.28. The van der Waals surface area contributed by atoms with Gasteiger partial charge in [-0.3, -0.25) is 11.3 Å². The number of nitrogens with two attached hydrogens (primary N) is 1. The van der Waals surface area contributed by atoms with E-state index in [4.69, 9.17) is 5.84 Å². The summed E-state index contributed by atoms with van der Waals surface area (Å²) in [6, 6.07) is 10.9. The molecule has 0 bridgehead atoms. The van der Waals surface area contributed by atoms with Crippen molar-refractivity contribution in [2.45, 2.75) is 51.0 Å². The molecule has 2 rings (SSSR count). The summed E-state index contributed by atoms with van der Waals surface area (Å²) in [5, 5.41) is 0. The lowest BCUT2D eigenvalue weighted by Gasteiger charge is -2.37. The summed E-state index contributed by atoms with van der Waals surface area (Å²) in [5.74, 6) is 5.84. The van der Waals surface area contributed by atoms with Crippen molar-refractivity contribution in [3.8, 4) is 0 Å². The predicted molar refractivity (Wildman–Crippen MR) is 77.1 cm³/mol. The van der Waals surface area contributed by atoms with Gasteiger partial charge in [-0.25, -0.2) is 0 Å². The molecule has 18 heavy (non-hydrogen) atoms. The summed E-state index contributed by atoms with van der Waals surface area (Å²) in [6.07, 6.45) is 7.34. The minimum absolute atomic E-state index is 0.0131. The molecule has 0 amide bonds. The molecule has 2 heteroatoms. The van der Waals surface area contributed by atoms with E-state index in [-0.39, 0.29) is 11.5 Å². The fourth-order valence-corrected chi connectivity index (χ4v) is 2.94. The zero-order valence-electron chi connectivity index (χ0n) is 11.4. The van der Waals surface area contributed by atoms with Crippen LogP contribution in [0.25, 0.3) is 0 Å². The lowest BCUT2D eigenvalue weighted by molar-refractivity contribution is 0.371. The molecule has 0 spiro atoms. The van der Waals surface area contributed by atoms with Crippen molar-refractivity contribution in [1.82, 2.24) is 5.43 Å². The van der Waals surface area contributed by atoms with E-state index in [2.05, 4.69) is 55.7 Å². The number of allylic oxidation sites excluding steroid dienone is 1. The Kier molecular flexibility index (Phi) is 4.20. The van der Waals surface area contributed by atoms with Gasteiger partial charge >= 0.3 is 0 Å². The Hall–Kier alpha value is -1.12. The van der Waals surface area contributed by atoms with E-state index in [1.165, 1.54) is 36.8 Å². The summed E-state index contributed by atoms with van der Waals surface area (Å²) in [7, 11) is 0. The maximum Gasteiger partial charge on any atom is 0.0511 e. The second-order valence-electron chi connectivity index (χ2n) is 5.71. The predicted octanol–water partition coefficient (Wildman–Crippen LogP) is 3.30. The topological polar surface area (TPSA) is 38.0 Å². The summed E-state index contributed by atoms with van der Waals surface area (Å²) in [6.45, 7) is 4.53. The fraction of sp³-hybridized carbons (Fsp3) is 0.500. The van der Waals surface area contributed by atoms with Crippen LogP contribution >= 0.6 is 0 Å². The summed E-state index contributed by atoms with van der Waals surface area (Å²) in [4.78, 5) is 0. The van der Waals surface area contributed by atoms with Crippen molar-refractivity contribution in [2.75, 3.05) is 0 Å². The number of hydrogen-bond acceptors (Lipinski definition) is 2. The van der Waals surface area contributed by atoms with Gasteiger partial charge in [0.1, 0.15) is 0 Å². The SMILES string of the molecule is CC(C)(c1ccccc1)C(NN)C1=CCCCC1. The molecule has 0 heterocycles. The first-order chi connectivity index (χ1) is 8.66. The van der Waals surface area contributed by atoms with Gasteiger partial charge in [0.15, 0.2) is 0 Å². The average molecular weight is 244 g/mol. The Labute approximate surface area is 110 Å². The maximum atomic E-state index is 5.84.